The lowest BCUT2D eigenvalue weighted by Gasteiger charge is -2.13. The molecule has 0 aliphatic rings. The van der Waals surface area contributed by atoms with Crippen molar-refractivity contribution in [2.24, 2.45) is 5.73 Å². The van der Waals surface area contributed by atoms with Gasteiger partial charge in [0, 0.05) is 16.6 Å². The van der Waals surface area contributed by atoms with E-state index < -0.39 is 0 Å². The maximum absolute atomic E-state index is 5.91. The predicted molar refractivity (Wildman–Crippen MR) is 62.7 cm³/mol. The van der Waals surface area contributed by atoms with E-state index in [0.29, 0.717) is 16.6 Å². The van der Waals surface area contributed by atoms with Crippen molar-refractivity contribution in [2.45, 2.75) is 19.6 Å². The first kappa shape index (κ1) is 11.9. The Labute approximate surface area is 104 Å². The minimum absolute atomic E-state index is 0.158. The van der Waals surface area contributed by atoms with Crippen LogP contribution in [-0.2, 0) is 6.61 Å². The van der Waals surface area contributed by atoms with E-state index in [0.717, 1.165) is 5.56 Å². The van der Waals surface area contributed by atoms with Crippen LogP contribution in [0.3, 0.4) is 0 Å². The van der Waals surface area contributed by atoms with E-state index in [9.17, 15) is 0 Å². The van der Waals surface area contributed by atoms with Gasteiger partial charge in [-0.1, -0.05) is 16.8 Å². The summed E-state index contributed by atoms with van der Waals surface area (Å²) < 4.78 is 10.2. The van der Waals surface area contributed by atoms with Crippen LogP contribution < -0.4 is 10.5 Å². The Kier molecular flexibility index (Phi) is 3.61. The number of hydrogen-bond donors (Lipinski definition) is 1. The van der Waals surface area contributed by atoms with Gasteiger partial charge >= 0.3 is 0 Å². The Balaban J connectivity index is 2.14. The van der Waals surface area contributed by atoms with E-state index >= 15 is 0 Å². The number of nitrogens with two attached hydrogens (primary N) is 1. The third-order valence-corrected chi connectivity index (χ3v) is 2.46. The first-order valence-electron chi connectivity index (χ1n) is 5.10. The fourth-order valence-electron chi connectivity index (χ4n) is 1.40. The molecule has 5 nitrogen and oxygen atoms in total. The van der Waals surface area contributed by atoms with Gasteiger partial charge in [0.25, 0.3) is 0 Å². The third kappa shape index (κ3) is 2.95. The fraction of sp³-hybridized carbons (Fsp3) is 0.273. The quantitative estimate of drug-likeness (QED) is 0.905. The lowest BCUT2D eigenvalue weighted by Crippen LogP contribution is -2.08. The highest BCUT2D eigenvalue weighted by Crippen LogP contribution is 2.27. The average Bonchev–Trinajstić information content (AvgIpc) is 2.80. The van der Waals surface area contributed by atoms with Crippen LogP contribution in [0.1, 0.15) is 24.4 Å². The van der Waals surface area contributed by atoms with Gasteiger partial charge < -0.3 is 15.0 Å². The largest absolute Gasteiger partial charge is 0.485 e. The summed E-state index contributed by atoms with van der Waals surface area (Å²) in [6.45, 7) is 2.10. The van der Waals surface area contributed by atoms with Crippen molar-refractivity contribution >= 4 is 11.6 Å². The van der Waals surface area contributed by atoms with Crippen LogP contribution in [0.5, 0.6) is 5.75 Å². The van der Waals surface area contributed by atoms with Crippen molar-refractivity contribution in [3.05, 3.63) is 41.0 Å². The Bertz CT molecular complexity index is 485. The van der Waals surface area contributed by atoms with Gasteiger partial charge in [-0.2, -0.15) is 4.98 Å². The van der Waals surface area contributed by atoms with Gasteiger partial charge in [0.1, 0.15) is 5.75 Å². The van der Waals surface area contributed by atoms with E-state index in [1.807, 2.05) is 6.92 Å². The SMILES string of the molecule is C[C@H](N)c1cc(Cl)ccc1OCc1ncon1. The molecule has 0 aliphatic heterocycles. The number of benzene rings is 1. The van der Waals surface area contributed by atoms with Gasteiger partial charge in [0.2, 0.25) is 12.2 Å². The van der Waals surface area contributed by atoms with E-state index in [2.05, 4.69) is 14.7 Å². The summed E-state index contributed by atoms with van der Waals surface area (Å²) >= 11 is 5.91. The maximum atomic E-state index is 5.91. The number of aromatic nitrogens is 2. The van der Waals surface area contributed by atoms with Gasteiger partial charge in [0.05, 0.1) is 0 Å². The van der Waals surface area contributed by atoms with Crippen LogP contribution in [0.25, 0.3) is 0 Å². The average molecular weight is 254 g/mol. The second-order valence-electron chi connectivity index (χ2n) is 3.61. The second-order valence-corrected chi connectivity index (χ2v) is 4.04. The molecule has 1 aromatic heterocycles. The summed E-state index contributed by atoms with van der Waals surface area (Å²) in [5.74, 6) is 1.16. The second kappa shape index (κ2) is 5.16. The standard InChI is InChI=1S/C11H12ClN3O2/c1-7(13)9-4-8(12)2-3-10(9)16-5-11-14-6-17-15-11/h2-4,6-7H,5,13H2,1H3/t7-/m0/s1. The predicted octanol–water partition coefficient (Wildman–Crippen LogP) is 2.32. The molecule has 0 radical (unpaired) electrons. The minimum Gasteiger partial charge on any atom is -0.485 e. The molecule has 6 heteroatoms. The van der Waals surface area contributed by atoms with Crippen molar-refractivity contribution in [1.82, 2.24) is 10.1 Å². The van der Waals surface area contributed by atoms with Crippen molar-refractivity contribution in [3.8, 4) is 5.75 Å². The number of rotatable bonds is 4. The van der Waals surface area contributed by atoms with Gasteiger partial charge in [-0.3, -0.25) is 0 Å². The van der Waals surface area contributed by atoms with Crippen LogP contribution in [0.4, 0.5) is 0 Å². The smallest absolute Gasteiger partial charge is 0.213 e. The zero-order chi connectivity index (χ0) is 12.3. The lowest BCUT2D eigenvalue weighted by molar-refractivity contribution is 0.282. The highest BCUT2D eigenvalue weighted by atomic mass is 35.5. The first-order valence-corrected chi connectivity index (χ1v) is 5.47. The Hall–Kier alpha value is -1.59. The summed E-state index contributed by atoms with van der Waals surface area (Å²) in [6, 6.07) is 5.16. The fourth-order valence-corrected chi connectivity index (χ4v) is 1.59. The monoisotopic (exact) mass is 253 g/mol. The summed E-state index contributed by atoms with van der Waals surface area (Å²) in [6.07, 6.45) is 1.26. The molecule has 90 valence electrons. The Morgan fingerprint density at radius 1 is 1.53 bits per heavy atom. The molecule has 17 heavy (non-hydrogen) atoms. The molecule has 1 heterocycles. The zero-order valence-corrected chi connectivity index (χ0v) is 10.0. The molecule has 2 aromatic rings. The summed E-state index contributed by atoms with van der Waals surface area (Å²) in [5, 5.41) is 4.28. The van der Waals surface area contributed by atoms with Crippen LogP contribution >= 0.6 is 11.6 Å². The number of halogens is 1. The molecular formula is C11H12ClN3O2. The van der Waals surface area contributed by atoms with Crippen molar-refractivity contribution in [2.75, 3.05) is 0 Å². The summed E-state index contributed by atoms with van der Waals surface area (Å²) in [5.41, 5.74) is 6.69. The number of nitrogens with zero attached hydrogens (tertiary/aromatic N) is 2. The number of ether oxygens (including phenoxy) is 1. The molecule has 0 saturated heterocycles. The molecule has 1 aromatic carbocycles. The van der Waals surface area contributed by atoms with E-state index in [1.54, 1.807) is 18.2 Å². The number of hydrogen-bond acceptors (Lipinski definition) is 5. The molecule has 2 rings (SSSR count). The molecule has 0 bridgehead atoms. The molecule has 2 N–H and O–H groups in total. The normalized spacial score (nSPS) is 12.4. The van der Waals surface area contributed by atoms with Gasteiger partial charge in [-0.05, 0) is 25.1 Å². The highest BCUT2D eigenvalue weighted by molar-refractivity contribution is 6.30. The van der Waals surface area contributed by atoms with Gasteiger partial charge in [-0.15, -0.1) is 0 Å². The van der Waals surface area contributed by atoms with Crippen LogP contribution in [0, 0.1) is 0 Å². The van der Waals surface area contributed by atoms with E-state index in [1.165, 1.54) is 6.39 Å². The van der Waals surface area contributed by atoms with Crippen molar-refractivity contribution < 1.29 is 9.26 Å². The zero-order valence-electron chi connectivity index (χ0n) is 9.26. The van der Waals surface area contributed by atoms with Crippen molar-refractivity contribution in [1.29, 1.82) is 0 Å². The summed E-state index contributed by atoms with van der Waals surface area (Å²) in [7, 11) is 0. The third-order valence-electron chi connectivity index (χ3n) is 2.23. The Morgan fingerprint density at radius 2 is 2.35 bits per heavy atom. The lowest BCUT2D eigenvalue weighted by atomic mass is 10.1. The molecule has 0 fully saturated rings. The summed E-state index contributed by atoms with van der Waals surface area (Å²) in [4.78, 5) is 3.86. The molecule has 0 spiro atoms. The van der Waals surface area contributed by atoms with Crippen LogP contribution in [0.15, 0.2) is 29.1 Å². The minimum atomic E-state index is -0.158. The molecular weight excluding hydrogens is 242 g/mol. The van der Waals surface area contributed by atoms with Crippen LogP contribution in [0.2, 0.25) is 5.02 Å². The van der Waals surface area contributed by atoms with Crippen molar-refractivity contribution in [3.63, 3.8) is 0 Å². The Morgan fingerprint density at radius 3 is 3.00 bits per heavy atom. The molecule has 1 atom stereocenters. The molecule has 0 amide bonds. The maximum Gasteiger partial charge on any atom is 0.213 e. The van der Waals surface area contributed by atoms with E-state index in [4.69, 9.17) is 22.1 Å². The molecule has 0 saturated carbocycles. The molecule has 0 unspecified atom stereocenters. The van der Waals surface area contributed by atoms with Crippen LogP contribution in [-0.4, -0.2) is 10.1 Å². The van der Waals surface area contributed by atoms with Gasteiger partial charge in [0.15, 0.2) is 6.61 Å². The first-order chi connectivity index (χ1) is 8.16. The molecule has 0 aliphatic carbocycles. The van der Waals surface area contributed by atoms with Gasteiger partial charge in [-0.25, -0.2) is 0 Å². The van der Waals surface area contributed by atoms with E-state index in [-0.39, 0.29) is 12.6 Å². The topological polar surface area (TPSA) is 74.2 Å². The highest BCUT2D eigenvalue weighted by Gasteiger charge is 2.10.